The Morgan fingerprint density at radius 1 is 0.808 bits per heavy atom. The minimum absolute atomic E-state index is 0.0629. The number of hydrogen-bond donors (Lipinski definition) is 1. The molecule has 1 N–H and O–H groups in total. The molecule has 142 valence electrons. The molecule has 0 radical (unpaired) electrons. The Hall–Kier alpha value is -0.820. The van der Waals surface area contributed by atoms with Crippen molar-refractivity contribution < 1.29 is 5.11 Å². The van der Waals surface area contributed by atoms with Crippen molar-refractivity contribution in [3.05, 3.63) is 35.9 Å². The molecule has 1 aromatic rings. The van der Waals surface area contributed by atoms with E-state index in [0.29, 0.717) is 11.3 Å². The van der Waals surface area contributed by atoms with Gasteiger partial charge in [0.25, 0.3) is 0 Å². The Balaban J connectivity index is 1.49. The third-order valence-electron chi connectivity index (χ3n) is 9.99. The second-order valence-electron chi connectivity index (χ2n) is 10.6. The van der Waals surface area contributed by atoms with Crippen LogP contribution in [0.2, 0.25) is 0 Å². The lowest BCUT2D eigenvalue weighted by Crippen LogP contribution is -2.55. The maximum atomic E-state index is 11.9. The zero-order chi connectivity index (χ0) is 18.0. The van der Waals surface area contributed by atoms with Crippen molar-refractivity contribution in [1.82, 2.24) is 0 Å². The molecule has 26 heavy (non-hydrogen) atoms. The molecule has 0 spiro atoms. The van der Waals surface area contributed by atoms with Gasteiger partial charge in [-0.2, -0.15) is 0 Å². The van der Waals surface area contributed by atoms with Gasteiger partial charge in [0.05, 0.1) is 5.60 Å². The zero-order valence-electron chi connectivity index (χ0n) is 16.7. The maximum absolute atomic E-state index is 11.9. The second kappa shape index (κ2) is 5.84. The Morgan fingerprint density at radius 2 is 1.58 bits per heavy atom. The summed E-state index contributed by atoms with van der Waals surface area (Å²) in [5, 5.41) is 11.9. The van der Waals surface area contributed by atoms with Crippen molar-refractivity contribution in [2.45, 2.75) is 83.7 Å². The van der Waals surface area contributed by atoms with E-state index in [-0.39, 0.29) is 5.41 Å². The van der Waals surface area contributed by atoms with Gasteiger partial charge in [-0.15, -0.1) is 0 Å². The van der Waals surface area contributed by atoms with Gasteiger partial charge in [-0.25, -0.2) is 0 Å². The van der Waals surface area contributed by atoms with E-state index in [1.165, 1.54) is 63.4 Å². The topological polar surface area (TPSA) is 20.2 Å². The molecule has 0 saturated heterocycles. The van der Waals surface area contributed by atoms with E-state index in [1.54, 1.807) is 0 Å². The van der Waals surface area contributed by atoms with Crippen LogP contribution >= 0.6 is 0 Å². The SMILES string of the molecule is C[C@]12CCCC[C@@H]1CC[C@@H]1[C@H]3CC[C@](O)(c4ccccc4)[C@@]3(C)CC[C@@H]12. The van der Waals surface area contributed by atoms with E-state index in [4.69, 9.17) is 0 Å². The van der Waals surface area contributed by atoms with Gasteiger partial charge in [-0.3, -0.25) is 0 Å². The van der Waals surface area contributed by atoms with Crippen molar-refractivity contribution in [3.63, 3.8) is 0 Å². The third kappa shape index (κ3) is 2.13. The molecular weight excluding hydrogens is 316 g/mol. The van der Waals surface area contributed by atoms with Gasteiger partial charge in [0.1, 0.15) is 0 Å². The number of benzene rings is 1. The van der Waals surface area contributed by atoms with Crippen LogP contribution in [-0.4, -0.2) is 5.11 Å². The van der Waals surface area contributed by atoms with Crippen LogP contribution in [0.5, 0.6) is 0 Å². The predicted octanol–water partition coefficient (Wildman–Crippen LogP) is 6.31. The molecule has 0 aliphatic heterocycles. The first-order valence-corrected chi connectivity index (χ1v) is 11.3. The summed E-state index contributed by atoms with van der Waals surface area (Å²) in [5.41, 5.74) is 1.21. The monoisotopic (exact) mass is 352 g/mol. The van der Waals surface area contributed by atoms with Crippen molar-refractivity contribution in [2.24, 2.45) is 34.5 Å². The maximum Gasteiger partial charge on any atom is 0.0952 e. The van der Waals surface area contributed by atoms with Crippen molar-refractivity contribution in [1.29, 1.82) is 0 Å². The van der Waals surface area contributed by atoms with Crippen molar-refractivity contribution in [3.8, 4) is 0 Å². The fourth-order valence-electron chi connectivity index (χ4n) is 8.50. The second-order valence-corrected chi connectivity index (χ2v) is 10.6. The van der Waals surface area contributed by atoms with E-state index >= 15 is 0 Å². The van der Waals surface area contributed by atoms with Crippen LogP contribution in [0, 0.1) is 34.5 Å². The quantitative estimate of drug-likeness (QED) is 0.628. The fourth-order valence-corrected chi connectivity index (χ4v) is 8.50. The van der Waals surface area contributed by atoms with Gasteiger partial charge >= 0.3 is 0 Å². The van der Waals surface area contributed by atoms with Crippen LogP contribution in [0.1, 0.15) is 83.6 Å². The van der Waals surface area contributed by atoms with Gasteiger partial charge in [0.2, 0.25) is 0 Å². The lowest BCUT2D eigenvalue weighted by molar-refractivity contribution is -0.154. The smallest absolute Gasteiger partial charge is 0.0952 e. The molecule has 0 amide bonds. The average molecular weight is 353 g/mol. The van der Waals surface area contributed by atoms with Gasteiger partial charge in [-0.05, 0) is 86.0 Å². The van der Waals surface area contributed by atoms with Crippen LogP contribution in [0.3, 0.4) is 0 Å². The molecule has 5 rings (SSSR count). The molecule has 1 heteroatoms. The first-order valence-electron chi connectivity index (χ1n) is 11.3. The fraction of sp³-hybridized carbons (Fsp3) is 0.760. The highest BCUT2D eigenvalue weighted by molar-refractivity contribution is 5.29. The molecule has 1 aromatic carbocycles. The van der Waals surface area contributed by atoms with Crippen molar-refractivity contribution >= 4 is 0 Å². The summed E-state index contributed by atoms with van der Waals surface area (Å²) in [6.45, 7) is 5.08. The van der Waals surface area contributed by atoms with Crippen molar-refractivity contribution in [2.75, 3.05) is 0 Å². The first-order chi connectivity index (χ1) is 12.5. The highest BCUT2D eigenvalue weighted by Gasteiger charge is 2.64. The average Bonchev–Trinajstić information content (AvgIpc) is 2.94. The summed E-state index contributed by atoms with van der Waals surface area (Å²) in [4.78, 5) is 0. The molecule has 0 unspecified atom stereocenters. The summed E-state index contributed by atoms with van der Waals surface area (Å²) in [6.07, 6.45) is 13.5. The predicted molar refractivity (Wildman–Crippen MR) is 107 cm³/mol. The van der Waals surface area contributed by atoms with Gasteiger partial charge < -0.3 is 5.11 Å². The Kier molecular flexibility index (Phi) is 3.88. The zero-order valence-corrected chi connectivity index (χ0v) is 16.7. The lowest BCUT2D eigenvalue weighted by Gasteiger charge is -2.61. The van der Waals surface area contributed by atoms with E-state index < -0.39 is 5.60 Å². The standard InChI is InChI=1S/C25H36O/c1-23-15-7-6-8-18(23)11-12-20-21(23)13-16-24(2)22(20)14-17-25(24,26)19-9-4-3-5-10-19/h3-5,9-10,18,20-22,26H,6-8,11-17H2,1-2H3/t18-,20+,21+,22-,23+,24+,25+/m1/s1. The molecule has 0 aromatic heterocycles. The minimum Gasteiger partial charge on any atom is -0.385 e. The van der Waals surface area contributed by atoms with Crippen LogP contribution in [-0.2, 0) is 5.60 Å². The van der Waals surface area contributed by atoms with E-state index in [0.717, 1.165) is 24.2 Å². The summed E-state index contributed by atoms with van der Waals surface area (Å²) in [6, 6.07) is 10.6. The highest BCUT2D eigenvalue weighted by Crippen LogP contribution is 2.69. The van der Waals surface area contributed by atoms with E-state index in [1.807, 2.05) is 0 Å². The third-order valence-corrected chi connectivity index (χ3v) is 9.99. The Labute approximate surface area is 159 Å². The van der Waals surface area contributed by atoms with Crippen LogP contribution in [0.15, 0.2) is 30.3 Å². The Morgan fingerprint density at radius 3 is 2.38 bits per heavy atom. The van der Waals surface area contributed by atoms with E-state index in [2.05, 4.69) is 44.2 Å². The molecule has 4 saturated carbocycles. The summed E-state index contributed by atoms with van der Waals surface area (Å²) in [7, 11) is 0. The first kappa shape index (κ1) is 17.3. The molecule has 0 heterocycles. The molecular formula is C25H36O. The van der Waals surface area contributed by atoms with Crippen LogP contribution in [0.25, 0.3) is 0 Å². The summed E-state index contributed by atoms with van der Waals surface area (Å²) >= 11 is 0. The summed E-state index contributed by atoms with van der Waals surface area (Å²) < 4.78 is 0. The summed E-state index contributed by atoms with van der Waals surface area (Å²) in [5.74, 6) is 3.46. The minimum atomic E-state index is -0.617. The number of rotatable bonds is 1. The lowest BCUT2D eigenvalue weighted by atomic mass is 9.44. The van der Waals surface area contributed by atoms with Gasteiger partial charge in [0.15, 0.2) is 0 Å². The Bertz CT molecular complexity index is 668. The molecule has 7 atom stereocenters. The van der Waals surface area contributed by atoms with Gasteiger partial charge in [0, 0.05) is 5.41 Å². The van der Waals surface area contributed by atoms with Crippen LogP contribution in [0.4, 0.5) is 0 Å². The normalized spacial score (nSPS) is 50.6. The molecule has 4 fully saturated rings. The number of hydrogen-bond acceptors (Lipinski definition) is 1. The molecule has 0 bridgehead atoms. The molecule has 4 aliphatic carbocycles. The molecule has 1 nitrogen and oxygen atoms in total. The van der Waals surface area contributed by atoms with Crippen LogP contribution < -0.4 is 0 Å². The number of fused-ring (bicyclic) bond motifs is 5. The van der Waals surface area contributed by atoms with Gasteiger partial charge in [-0.1, -0.05) is 57.0 Å². The molecule has 4 aliphatic rings. The largest absolute Gasteiger partial charge is 0.385 e. The van der Waals surface area contributed by atoms with E-state index in [9.17, 15) is 5.11 Å². The number of aliphatic hydroxyl groups is 1. The highest BCUT2D eigenvalue weighted by atomic mass is 16.3.